The van der Waals surface area contributed by atoms with Gasteiger partial charge in [0.2, 0.25) is 5.95 Å². The highest BCUT2D eigenvalue weighted by Crippen LogP contribution is 2.17. The SMILES string of the molecule is CN(C)CCCNc1ccnc(Nc2ccc(Br)cc2)n1. The lowest BCUT2D eigenvalue weighted by Crippen LogP contribution is -2.16. The Morgan fingerprint density at radius 3 is 2.62 bits per heavy atom. The Labute approximate surface area is 133 Å². The van der Waals surface area contributed by atoms with Gasteiger partial charge >= 0.3 is 0 Å². The zero-order chi connectivity index (χ0) is 15.1. The topological polar surface area (TPSA) is 53.1 Å². The predicted octanol–water partition coefficient (Wildman–Crippen LogP) is 3.35. The van der Waals surface area contributed by atoms with Crippen LogP contribution in [0.15, 0.2) is 41.0 Å². The van der Waals surface area contributed by atoms with Crippen LogP contribution in [-0.4, -0.2) is 42.1 Å². The number of nitrogens with zero attached hydrogens (tertiary/aromatic N) is 3. The Morgan fingerprint density at radius 2 is 1.90 bits per heavy atom. The molecule has 5 nitrogen and oxygen atoms in total. The van der Waals surface area contributed by atoms with E-state index >= 15 is 0 Å². The molecule has 2 N–H and O–H groups in total. The van der Waals surface area contributed by atoms with Gasteiger partial charge in [-0.3, -0.25) is 0 Å². The first kappa shape index (κ1) is 15.7. The molecule has 0 radical (unpaired) electrons. The Balaban J connectivity index is 1.89. The minimum Gasteiger partial charge on any atom is -0.370 e. The van der Waals surface area contributed by atoms with E-state index in [1.807, 2.05) is 30.3 Å². The average Bonchev–Trinajstić information content (AvgIpc) is 2.46. The van der Waals surface area contributed by atoms with E-state index in [1.54, 1.807) is 6.20 Å². The Kier molecular flexibility index (Phi) is 5.95. The van der Waals surface area contributed by atoms with Crippen LogP contribution in [0, 0.1) is 0 Å². The molecule has 1 heterocycles. The molecule has 0 bridgehead atoms. The predicted molar refractivity (Wildman–Crippen MR) is 91.1 cm³/mol. The number of rotatable bonds is 7. The van der Waals surface area contributed by atoms with Gasteiger partial charge in [-0.05, 0) is 57.4 Å². The summed E-state index contributed by atoms with van der Waals surface area (Å²) in [6, 6.07) is 9.79. The molecule has 0 aliphatic heterocycles. The van der Waals surface area contributed by atoms with E-state index in [2.05, 4.69) is 55.5 Å². The zero-order valence-corrected chi connectivity index (χ0v) is 13.9. The second kappa shape index (κ2) is 7.95. The molecule has 0 fully saturated rings. The summed E-state index contributed by atoms with van der Waals surface area (Å²) in [6.07, 6.45) is 2.83. The standard InChI is InChI=1S/C15H20BrN5/c1-21(2)11-3-9-17-14-8-10-18-15(20-14)19-13-6-4-12(16)5-7-13/h4-8,10H,3,9,11H2,1-2H3,(H2,17,18,19,20). The van der Waals surface area contributed by atoms with Gasteiger partial charge < -0.3 is 15.5 Å². The van der Waals surface area contributed by atoms with Gasteiger partial charge in [0.15, 0.2) is 0 Å². The lowest BCUT2D eigenvalue weighted by molar-refractivity contribution is 0.405. The van der Waals surface area contributed by atoms with Gasteiger partial charge in [-0.15, -0.1) is 0 Å². The van der Waals surface area contributed by atoms with E-state index < -0.39 is 0 Å². The van der Waals surface area contributed by atoms with Gasteiger partial charge in [0, 0.05) is 22.9 Å². The Morgan fingerprint density at radius 1 is 1.14 bits per heavy atom. The van der Waals surface area contributed by atoms with Gasteiger partial charge in [-0.2, -0.15) is 4.98 Å². The molecule has 0 unspecified atom stereocenters. The van der Waals surface area contributed by atoms with E-state index in [0.29, 0.717) is 5.95 Å². The highest BCUT2D eigenvalue weighted by atomic mass is 79.9. The van der Waals surface area contributed by atoms with Crippen molar-refractivity contribution in [3.8, 4) is 0 Å². The zero-order valence-electron chi connectivity index (χ0n) is 12.3. The molecule has 6 heteroatoms. The van der Waals surface area contributed by atoms with Crippen LogP contribution in [0.25, 0.3) is 0 Å². The van der Waals surface area contributed by atoms with Gasteiger partial charge in [0.25, 0.3) is 0 Å². The van der Waals surface area contributed by atoms with Crippen molar-refractivity contribution in [2.24, 2.45) is 0 Å². The lowest BCUT2D eigenvalue weighted by atomic mass is 10.3. The van der Waals surface area contributed by atoms with Crippen LogP contribution in [0.4, 0.5) is 17.5 Å². The molecule has 0 spiro atoms. The van der Waals surface area contributed by atoms with E-state index in [9.17, 15) is 0 Å². The number of anilines is 3. The number of hydrogen-bond donors (Lipinski definition) is 2. The molecule has 2 rings (SSSR count). The number of hydrogen-bond acceptors (Lipinski definition) is 5. The molecule has 1 aromatic heterocycles. The normalized spacial score (nSPS) is 10.7. The quantitative estimate of drug-likeness (QED) is 0.750. The van der Waals surface area contributed by atoms with Crippen LogP contribution in [0.2, 0.25) is 0 Å². The van der Waals surface area contributed by atoms with Crippen LogP contribution in [0.1, 0.15) is 6.42 Å². The maximum atomic E-state index is 4.45. The van der Waals surface area contributed by atoms with Crippen LogP contribution < -0.4 is 10.6 Å². The number of halogens is 1. The van der Waals surface area contributed by atoms with Crippen molar-refractivity contribution < 1.29 is 0 Å². The van der Waals surface area contributed by atoms with Gasteiger partial charge in [-0.25, -0.2) is 4.98 Å². The van der Waals surface area contributed by atoms with Crippen LogP contribution in [-0.2, 0) is 0 Å². The van der Waals surface area contributed by atoms with Crippen LogP contribution >= 0.6 is 15.9 Å². The minimum atomic E-state index is 0.593. The molecule has 2 aromatic rings. The summed E-state index contributed by atoms with van der Waals surface area (Å²) in [5.41, 5.74) is 0.961. The summed E-state index contributed by atoms with van der Waals surface area (Å²) in [4.78, 5) is 10.8. The first-order valence-corrected chi connectivity index (χ1v) is 7.67. The molecule has 0 saturated heterocycles. The molecule has 112 valence electrons. The highest BCUT2D eigenvalue weighted by Gasteiger charge is 2.00. The first-order valence-electron chi connectivity index (χ1n) is 6.88. The summed E-state index contributed by atoms with van der Waals surface area (Å²) in [5, 5.41) is 6.50. The number of benzene rings is 1. The van der Waals surface area contributed by atoms with Crippen molar-refractivity contribution >= 4 is 33.4 Å². The summed E-state index contributed by atoms with van der Waals surface area (Å²) in [7, 11) is 4.15. The summed E-state index contributed by atoms with van der Waals surface area (Å²) < 4.78 is 1.05. The van der Waals surface area contributed by atoms with Gasteiger partial charge in [0.05, 0.1) is 0 Å². The number of aromatic nitrogens is 2. The molecule has 0 amide bonds. The van der Waals surface area contributed by atoms with E-state index in [1.165, 1.54) is 0 Å². The largest absolute Gasteiger partial charge is 0.370 e. The first-order chi connectivity index (χ1) is 10.1. The third-order valence-electron chi connectivity index (χ3n) is 2.84. The molecule has 0 saturated carbocycles. The van der Waals surface area contributed by atoms with E-state index in [0.717, 1.165) is 35.5 Å². The third-order valence-corrected chi connectivity index (χ3v) is 3.37. The van der Waals surface area contributed by atoms with Crippen LogP contribution in [0.3, 0.4) is 0 Å². The smallest absolute Gasteiger partial charge is 0.229 e. The summed E-state index contributed by atoms with van der Waals surface area (Å²) in [5.74, 6) is 1.43. The van der Waals surface area contributed by atoms with Crippen molar-refractivity contribution in [3.63, 3.8) is 0 Å². The monoisotopic (exact) mass is 349 g/mol. The maximum Gasteiger partial charge on any atom is 0.229 e. The van der Waals surface area contributed by atoms with Crippen molar-refractivity contribution in [3.05, 3.63) is 41.0 Å². The number of nitrogens with one attached hydrogen (secondary N) is 2. The van der Waals surface area contributed by atoms with E-state index in [-0.39, 0.29) is 0 Å². The van der Waals surface area contributed by atoms with Crippen molar-refractivity contribution in [2.45, 2.75) is 6.42 Å². The minimum absolute atomic E-state index is 0.593. The molecule has 0 aliphatic rings. The Hall–Kier alpha value is -1.66. The molecular weight excluding hydrogens is 330 g/mol. The van der Waals surface area contributed by atoms with Crippen molar-refractivity contribution in [1.29, 1.82) is 0 Å². The highest BCUT2D eigenvalue weighted by molar-refractivity contribution is 9.10. The molecule has 1 aromatic carbocycles. The fourth-order valence-electron chi connectivity index (χ4n) is 1.79. The van der Waals surface area contributed by atoms with Gasteiger partial charge in [-0.1, -0.05) is 15.9 Å². The van der Waals surface area contributed by atoms with E-state index in [4.69, 9.17) is 0 Å². The maximum absolute atomic E-state index is 4.45. The van der Waals surface area contributed by atoms with Crippen molar-refractivity contribution in [2.75, 3.05) is 37.8 Å². The van der Waals surface area contributed by atoms with Crippen LogP contribution in [0.5, 0.6) is 0 Å². The third kappa shape index (κ3) is 5.69. The molecule has 21 heavy (non-hydrogen) atoms. The fraction of sp³-hybridized carbons (Fsp3) is 0.333. The molecule has 0 aliphatic carbocycles. The van der Waals surface area contributed by atoms with Crippen molar-refractivity contribution in [1.82, 2.24) is 14.9 Å². The Bertz CT molecular complexity index is 556. The molecule has 0 atom stereocenters. The fourth-order valence-corrected chi connectivity index (χ4v) is 2.06. The summed E-state index contributed by atoms with van der Waals surface area (Å²) in [6.45, 7) is 1.95. The lowest BCUT2D eigenvalue weighted by Gasteiger charge is -2.11. The molecular formula is C15H20BrN5. The summed E-state index contributed by atoms with van der Waals surface area (Å²) >= 11 is 3.42. The second-order valence-electron chi connectivity index (χ2n) is 4.98. The second-order valence-corrected chi connectivity index (χ2v) is 5.90. The van der Waals surface area contributed by atoms with Gasteiger partial charge in [0.1, 0.15) is 5.82 Å². The average molecular weight is 350 g/mol.